The molecule has 0 fully saturated rings. The van der Waals surface area contributed by atoms with Crippen molar-refractivity contribution in [3.8, 4) is 5.75 Å². The predicted molar refractivity (Wildman–Crippen MR) is 103 cm³/mol. The molecule has 0 aromatic heterocycles. The van der Waals surface area contributed by atoms with E-state index in [1.807, 2.05) is 13.8 Å². The summed E-state index contributed by atoms with van der Waals surface area (Å²) in [7, 11) is 1.55. The maximum absolute atomic E-state index is 12.2. The number of carbonyl (C=O) groups excluding carboxylic acids is 2. The molecule has 0 aliphatic carbocycles. The normalized spacial score (nSPS) is 10.4. The first kappa shape index (κ1) is 20.7. The Labute approximate surface area is 163 Å². The number of carbonyl (C=O) groups is 2. The predicted octanol–water partition coefficient (Wildman–Crippen LogP) is 3.99. The number of benzene rings is 2. The first-order valence-electron chi connectivity index (χ1n) is 8.42. The van der Waals surface area contributed by atoms with Crippen molar-refractivity contribution in [1.29, 1.82) is 0 Å². The lowest BCUT2D eigenvalue weighted by Crippen LogP contribution is -2.21. The van der Waals surface area contributed by atoms with Crippen LogP contribution in [0.5, 0.6) is 5.75 Å². The van der Waals surface area contributed by atoms with E-state index in [-0.39, 0.29) is 0 Å². The fourth-order valence-corrected chi connectivity index (χ4v) is 2.63. The molecule has 2 aromatic rings. The van der Waals surface area contributed by atoms with Gasteiger partial charge in [-0.2, -0.15) is 0 Å². The average Bonchev–Trinajstić information content (AvgIpc) is 2.66. The van der Waals surface area contributed by atoms with Gasteiger partial charge in [-0.15, -0.1) is 0 Å². The molecule has 0 unspecified atom stereocenters. The Hall–Kier alpha value is -2.57. The molecule has 0 atom stereocenters. The highest BCUT2D eigenvalue weighted by atomic mass is 35.5. The van der Waals surface area contributed by atoms with Gasteiger partial charge in [0.05, 0.1) is 19.3 Å². The Balaban J connectivity index is 1.97. The van der Waals surface area contributed by atoms with E-state index >= 15 is 0 Å². The van der Waals surface area contributed by atoms with Crippen molar-refractivity contribution in [2.45, 2.75) is 20.5 Å². The van der Waals surface area contributed by atoms with E-state index in [0.29, 0.717) is 35.2 Å². The minimum atomic E-state index is -0.599. The summed E-state index contributed by atoms with van der Waals surface area (Å²) in [6.45, 7) is 4.17. The number of methoxy groups -OCH3 is 1. The molecule has 0 aliphatic rings. The van der Waals surface area contributed by atoms with Crippen molar-refractivity contribution >= 4 is 29.2 Å². The van der Waals surface area contributed by atoms with Gasteiger partial charge in [0.1, 0.15) is 5.75 Å². The average molecular weight is 392 g/mol. The molecule has 7 heteroatoms. The molecule has 0 aliphatic heterocycles. The number of ether oxygens (including phenoxy) is 3. The van der Waals surface area contributed by atoms with Gasteiger partial charge >= 0.3 is 5.97 Å². The maximum atomic E-state index is 12.2. The minimum Gasteiger partial charge on any atom is -0.496 e. The second-order valence-corrected chi connectivity index (χ2v) is 6.18. The SMILES string of the molecule is CCOCc1cc(C(=O)OCC(=O)Nc2ccc(Cl)cc2C)ccc1OC. The first-order chi connectivity index (χ1) is 12.9. The summed E-state index contributed by atoms with van der Waals surface area (Å²) in [6, 6.07) is 9.99. The van der Waals surface area contributed by atoms with E-state index < -0.39 is 18.5 Å². The zero-order chi connectivity index (χ0) is 19.8. The number of amides is 1. The molecule has 0 heterocycles. The smallest absolute Gasteiger partial charge is 0.338 e. The van der Waals surface area contributed by atoms with Gasteiger partial charge < -0.3 is 19.5 Å². The molecule has 0 spiro atoms. The Morgan fingerprint density at radius 3 is 2.59 bits per heavy atom. The van der Waals surface area contributed by atoms with Crippen LogP contribution in [0, 0.1) is 6.92 Å². The van der Waals surface area contributed by atoms with Gasteiger partial charge in [0.25, 0.3) is 5.91 Å². The molecule has 6 nitrogen and oxygen atoms in total. The van der Waals surface area contributed by atoms with Crippen LogP contribution < -0.4 is 10.1 Å². The summed E-state index contributed by atoms with van der Waals surface area (Å²) in [4.78, 5) is 24.3. The van der Waals surface area contributed by atoms with E-state index in [1.54, 1.807) is 43.5 Å². The van der Waals surface area contributed by atoms with Crippen LogP contribution in [0.3, 0.4) is 0 Å². The van der Waals surface area contributed by atoms with Crippen LogP contribution in [0.25, 0.3) is 0 Å². The lowest BCUT2D eigenvalue weighted by atomic mass is 10.1. The van der Waals surface area contributed by atoms with Crippen molar-refractivity contribution in [1.82, 2.24) is 0 Å². The monoisotopic (exact) mass is 391 g/mol. The van der Waals surface area contributed by atoms with Crippen LogP contribution in [0.2, 0.25) is 5.02 Å². The van der Waals surface area contributed by atoms with Crippen LogP contribution in [0.4, 0.5) is 5.69 Å². The van der Waals surface area contributed by atoms with Crippen molar-refractivity contribution in [2.75, 3.05) is 25.6 Å². The number of aryl methyl sites for hydroxylation is 1. The number of anilines is 1. The Bertz CT molecular complexity index is 822. The van der Waals surface area contributed by atoms with Crippen molar-refractivity contribution in [2.24, 2.45) is 0 Å². The van der Waals surface area contributed by atoms with Crippen LogP contribution in [-0.4, -0.2) is 32.2 Å². The minimum absolute atomic E-state index is 0.317. The van der Waals surface area contributed by atoms with E-state index in [9.17, 15) is 9.59 Å². The molecule has 1 N–H and O–H groups in total. The summed E-state index contributed by atoms with van der Waals surface area (Å²) in [6.07, 6.45) is 0. The van der Waals surface area contributed by atoms with Gasteiger partial charge in [0.15, 0.2) is 6.61 Å². The zero-order valence-corrected chi connectivity index (χ0v) is 16.3. The summed E-state index contributed by atoms with van der Waals surface area (Å²) < 4.78 is 15.7. The van der Waals surface area contributed by atoms with Gasteiger partial charge in [0.2, 0.25) is 0 Å². The molecule has 0 saturated carbocycles. The van der Waals surface area contributed by atoms with Crippen molar-refractivity contribution in [3.63, 3.8) is 0 Å². The summed E-state index contributed by atoms with van der Waals surface area (Å²) in [5, 5.41) is 3.27. The van der Waals surface area contributed by atoms with Gasteiger partial charge in [-0.3, -0.25) is 4.79 Å². The van der Waals surface area contributed by atoms with Gasteiger partial charge in [-0.1, -0.05) is 11.6 Å². The molecule has 2 rings (SSSR count). The van der Waals surface area contributed by atoms with Gasteiger partial charge in [-0.25, -0.2) is 4.79 Å². The first-order valence-corrected chi connectivity index (χ1v) is 8.80. The van der Waals surface area contributed by atoms with Crippen LogP contribution in [0.15, 0.2) is 36.4 Å². The van der Waals surface area contributed by atoms with Crippen LogP contribution in [-0.2, 0) is 20.9 Å². The summed E-state index contributed by atoms with van der Waals surface area (Å²) >= 11 is 5.89. The quantitative estimate of drug-likeness (QED) is 0.689. The molecule has 0 saturated heterocycles. The number of halogens is 1. The van der Waals surface area contributed by atoms with E-state index in [0.717, 1.165) is 11.1 Å². The highest BCUT2D eigenvalue weighted by Crippen LogP contribution is 2.22. The molecule has 27 heavy (non-hydrogen) atoms. The topological polar surface area (TPSA) is 73.9 Å². The third kappa shape index (κ3) is 5.98. The fraction of sp³-hybridized carbons (Fsp3) is 0.300. The summed E-state index contributed by atoms with van der Waals surface area (Å²) in [5.41, 5.74) is 2.48. The van der Waals surface area contributed by atoms with Gasteiger partial charge in [-0.05, 0) is 55.8 Å². The third-order valence-corrected chi connectivity index (χ3v) is 4.01. The Kier molecular flexibility index (Phi) is 7.64. The number of hydrogen-bond donors (Lipinski definition) is 1. The largest absolute Gasteiger partial charge is 0.496 e. The van der Waals surface area contributed by atoms with Crippen LogP contribution >= 0.6 is 11.6 Å². The Morgan fingerprint density at radius 1 is 1.15 bits per heavy atom. The maximum Gasteiger partial charge on any atom is 0.338 e. The fourth-order valence-electron chi connectivity index (χ4n) is 2.40. The third-order valence-electron chi connectivity index (χ3n) is 3.77. The van der Waals surface area contributed by atoms with Crippen molar-refractivity contribution in [3.05, 3.63) is 58.1 Å². The number of hydrogen-bond acceptors (Lipinski definition) is 5. The molecule has 2 aromatic carbocycles. The summed E-state index contributed by atoms with van der Waals surface area (Å²) in [5.74, 6) is -0.411. The second kappa shape index (κ2) is 9.94. The number of rotatable bonds is 8. The van der Waals surface area contributed by atoms with E-state index in [2.05, 4.69) is 5.32 Å². The lowest BCUT2D eigenvalue weighted by molar-refractivity contribution is -0.119. The molecule has 1 amide bonds. The standard InChI is InChI=1S/C20H22ClNO5/c1-4-26-11-15-10-14(5-8-18(15)25-3)20(24)27-12-19(23)22-17-7-6-16(21)9-13(17)2/h5-10H,4,11-12H2,1-3H3,(H,22,23). The number of esters is 1. The highest BCUT2D eigenvalue weighted by molar-refractivity contribution is 6.30. The van der Waals surface area contributed by atoms with Crippen molar-refractivity contribution < 1.29 is 23.8 Å². The molecule has 0 radical (unpaired) electrons. The van der Waals surface area contributed by atoms with E-state index in [4.69, 9.17) is 25.8 Å². The molecule has 0 bridgehead atoms. The Morgan fingerprint density at radius 2 is 1.93 bits per heavy atom. The lowest BCUT2D eigenvalue weighted by Gasteiger charge is -2.11. The zero-order valence-electron chi connectivity index (χ0n) is 15.5. The molecular formula is C20H22ClNO5. The molecular weight excluding hydrogens is 370 g/mol. The second-order valence-electron chi connectivity index (χ2n) is 5.75. The molecule has 144 valence electrons. The highest BCUT2D eigenvalue weighted by Gasteiger charge is 2.14. The number of nitrogens with one attached hydrogen (secondary N) is 1. The van der Waals surface area contributed by atoms with E-state index in [1.165, 1.54) is 0 Å². The van der Waals surface area contributed by atoms with Gasteiger partial charge in [0, 0.05) is 22.9 Å². The van der Waals surface area contributed by atoms with Crippen LogP contribution in [0.1, 0.15) is 28.4 Å².